The molecule has 0 bridgehead atoms. The smallest absolute Gasteiger partial charge is 0.133 e. The van der Waals surface area contributed by atoms with Gasteiger partial charge in [-0.05, 0) is 12.1 Å². The Hall–Kier alpha value is -0.870. The summed E-state index contributed by atoms with van der Waals surface area (Å²) in [5.74, 6) is 0.189. The molecular formula is C9H11BrN2O. The largest absolute Gasteiger partial charge is 0.506 e. The molecule has 0 radical (unpaired) electrons. The lowest BCUT2D eigenvalue weighted by Gasteiger charge is -2.02. The van der Waals surface area contributed by atoms with E-state index in [1.54, 1.807) is 12.1 Å². The van der Waals surface area contributed by atoms with E-state index in [4.69, 9.17) is 5.11 Å². The molecule has 0 aliphatic rings. The van der Waals surface area contributed by atoms with Crippen LogP contribution in [0.2, 0.25) is 0 Å². The monoisotopic (exact) mass is 242 g/mol. The SMILES string of the molecule is C=C(Br)CNCc1ccc(O)cn1. The lowest BCUT2D eigenvalue weighted by Crippen LogP contribution is -2.15. The molecule has 1 heterocycles. The van der Waals surface area contributed by atoms with Crippen molar-refractivity contribution in [1.29, 1.82) is 0 Å². The van der Waals surface area contributed by atoms with Gasteiger partial charge >= 0.3 is 0 Å². The Kier molecular flexibility index (Phi) is 3.92. The zero-order valence-corrected chi connectivity index (χ0v) is 8.71. The van der Waals surface area contributed by atoms with Gasteiger partial charge in [-0.15, -0.1) is 0 Å². The lowest BCUT2D eigenvalue weighted by molar-refractivity contribution is 0.472. The van der Waals surface area contributed by atoms with Crippen molar-refractivity contribution in [3.8, 4) is 5.75 Å². The maximum absolute atomic E-state index is 8.97. The number of pyridine rings is 1. The first-order chi connectivity index (χ1) is 6.18. The van der Waals surface area contributed by atoms with Crippen LogP contribution < -0.4 is 5.32 Å². The Morgan fingerprint density at radius 3 is 2.92 bits per heavy atom. The van der Waals surface area contributed by atoms with E-state index in [-0.39, 0.29) is 5.75 Å². The second-order valence-corrected chi connectivity index (χ2v) is 3.75. The minimum Gasteiger partial charge on any atom is -0.506 e. The quantitative estimate of drug-likeness (QED) is 0.847. The van der Waals surface area contributed by atoms with Crippen LogP contribution in [-0.2, 0) is 6.54 Å². The molecule has 0 aliphatic carbocycles. The van der Waals surface area contributed by atoms with Crippen molar-refractivity contribution in [1.82, 2.24) is 10.3 Å². The summed E-state index contributed by atoms with van der Waals surface area (Å²) in [6.07, 6.45) is 1.43. The zero-order valence-electron chi connectivity index (χ0n) is 7.13. The molecule has 70 valence electrons. The molecule has 0 atom stereocenters. The van der Waals surface area contributed by atoms with Gasteiger partial charge in [0.05, 0.1) is 11.9 Å². The number of rotatable bonds is 4. The van der Waals surface area contributed by atoms with Crippen molar-refractivity contribution in [2.75, 3.05) is 6.54 Å². The van der Waals surface area contributed by atoms with Gasteiger partial charge in [-0.1, -0.05) is 22.5 Å². The summed E-state index contributed by atoms with van der Waals surface area (Å²) in [6.45, 7) is 5.08. The summed E-state index contributed by atoms with van der Waals surface area (Å²) in [6, 6.07) is 3.40. The lowest BCUT2D eigenvalue weighted by atomic mass is 10.3. The Balaban J connectivity index is 2.37. The molecule has 0 amide bonds. The predicted molar refractivity (Wildman–Crippen MR) is 55.7 cm³/mol. The van der Waals surface area contributed by atoms with Gasteiger partial charge in [0.2, 0.25) is 0 Å². The molecule has 0 spiro atoms. The van der Waals surface area contributed by atoms with Gasteiger partial charge in [-0.2, -0.15) is 0 Å². The predicted octanol–water partition coefficient (Wildman–Crippen LogP) is 1.79. The highest BCUT2D eigenvalue weighted by Crippen LogP contribution is 2.05. The fraction of sp³-hybridized carbons (Fsp3) is 0.222. The third-order valence-electron chi connectivity index (χ3n) is 1.43. The summed E-state index contributed by atoms with van der Waals surface area (Å²) < 4.78 is 0.909. The van der Waals surface area contributed by atoms with Crippen molar-refractivity contribution < 1.29 is 5.11 Å². The van der Waals surface area contributed by atoms with Gasteiger partial charge in [0.15, 0.2) is 0 Å². The summed E-state index contributed by atoms with van der Waals surface area (Å²) >= 11 is 3.24. The number of nitrogens with one attached hydrogen (secondary N) is 1. The molecule has 0 fully saturated rings. The summed E-state index contributed by atoms with van der Waals surface area (Å²) in [5, 5.41) is 12.1. The number of aromatic hydroxyl groups is 1. The number of hydrogen-bond acceptors (Lipinski definition) is 3. The van der Waals surface area contributed by atoms with Gasteiger partial charge in [0, 0.05) is 17.6 Å². The van der Waals surface area contributed by atoms with Crippen LogP contribution in [0.4, 0.5) is 0 Å². The van der Waals surface area contributed by atoms with E-state index in [0.717, 1.165) is 10.2 Å². The normalized spacial score (nSPS) is 9.92. The maximum Gasteiger partial charge on any atom is 0.133 e. The number of aromatic nitrogens is 1. The molecule has 1 rings (SSSR count). The first kappa shape index (κ1) is 10.2. The molecule has 0 saturated carbocycles. The van der Waals surface area contributed by atoms with Crippen LogP contribution in [-0.4, -0.2) is 16.6 Å². The Morgan fingerprint density at radius 2 is 2.38 bits per heavy atom. The molecule has 2 N–H and O–H groups in total. The molecular weight excluding hydrogens is 232 g/mol. The van der Waals surface area contributed by atoms with Gasteiger partial charge < -0.3 is 10.4 Å². The van der Waals surface area contributed by atoms with Gasteiger partial charge in [0.1, 0.15) is 5.75 Å². The molecule has 0 aliphatic heterocycles. The summed E-state index contributed by atoms with van der Waals surface area (Å²) in [7, 11) is 0. The maximum atomic E-state index is 8.97. The van der Waals surface area contributed by atoms with Crippen molar-refractivity contribution in [2.45, 2.75) is 6.54 Å². The minimum atomic E-state index is 0.189. The highest BCUT2D eigenvalue weighted by molar-refractivity contribution is 9.11. The molecule has 4 heteroatoms. The highest BCUT2D eigenvalue weighted by Gasteiger charge is 1.94. The summed E-state index contributed by atoms with van der Waals surface area (Å²) in [4.78, 5) is 4.02. The van der Waals surface area contributed by atoms with E-state index in [2.05, 4.69) is 32.8 Å². The molecule has 1 aromatic heterocycles. The standard InChI is InChI=1S/C9H11BrN2O/c1-7(10)4-11-5-8-2-3-9(13)6-12-8/h2-3,6,11,13H,1,4-5H2. The molecule has 13 heavy (non-hydrogen) atoms. The van der Waals surface area contributed by atoms with E-state index in [1.807, 2.05) is 0 Å². The van der Waals surface area contributed by atoms with Gasteiger partial charge in [0.25, 0.3) is 0 Å². The Morgan fingerprint density at radius 1 is 1.62 bits per heavy atom. The molecule has 3 nitrogen and oxygen atoms in total. The van der Waals surface area contributed by atoms with E-state index in [0.29, 0.717) is 13.1 Å². The van der Waals surface area contributed by atoms with Gasteiger partial charge in [-0.25, -0.2) is 0 Å². The highest BCUT2D eigenvalue weighted by atomic mass is 79.9. The van der Waals surface area contributed by atoms with Crippen LogP contribution in [0.5, 0.6) is 5.75 Å². The molecule has 0 saturated heterocycles. The third-order valence-corrected chi connectivity index (χ3v) is 1.71. The third kappa shape index (κ3) is 4.05. The Bertz CT molecular complexity index is 284. The fourth-order valence-electron chi connectivity index (χ4n) is 0.847. The van der Waals surface area contributed by atoms with Crippen LogP contribution in [0.1, 0.15) is 5.69 Å². The number of halogens is 1. The van der Waals surface area contributed by atoms with Crippen LogP contribution in [0, 0.1) is 0 Å². The first-order valence-electron chi connectivity index (χ1n) is 3.86. The Labute approximate surface area is 85.6 Å². The second kappa shape index (κ2) is 4.99. The summed E-state index contributed by atoms with van der Waals surface area (Å²) in [5.41, 5.74) is 0.895. The van der Waals surface area contributed by atoms with Gasteiger partial charge in [-0.3, -0.25) is 4.98 Å². The topological polar surface area (TPSA) is 45.1 Å². The van der Waals surface area contributed by atoms with Crippen molar-refractivity contribution in [3.05, 3.63) is 35.1 Å². The van der Waals surface area contributed by atoms with Crippen molar-refractivity contribution in [2.24, 2.45) is 0 Å². The van der Waals surface area contributed by atoms with Crippen LogP contribution in [0.25, 0.3) is 0 Å². The minimum absolute atomic E-state index is 0.189. The first-order valence-corrected chi connectivity index (χ1v) is 4.65. The van der Waals surface area contributed by atoms with E-state index in [9.17, 15) is 0 Å². The second-order valence-electron chi connectivity index (χ2n) is 2.63. The molecule has 1 aromatic rings. The zero-order chi connectivity index (χ0) is 9.68. The van der Waals surface area contributed by atoms with Crippen LogP contribution >= 0.6 is 15.9 Å². The van der Waals surface area contributed by atoms with E-state index in [1.165, 1.54) is 6.20 Å². The van der Waals surface area contributed by atoms with Crippen molar-refractivity contribution in [3.63, 3.8) is 0 Å². The fourth-order valence-corrected chi connectivity index (χ4v) is 1.05. The average Bonchev–Trinajstić information content (AvgIpc) is 2.08. The number of hydrogen-bond donors (Lipinski definition) is 2. The van der Waals surface area contributed by atoms with E-state index < -0.39 is 0 Å². The number of nitrogens with zero attached hydrogens (tertiary/aromatic N) is 1. The molecule has 0 unspecified atom stereocenters. The van der Waals surface area contributed by atoms with Crippen LogP contribution in [0.3, 0.4) is 0 Å². The molecule has 0 aromatic carbocycles. The van der Waals surface area contributed by atoms with E-state index >= 15 is 0 Å². The average molecular weight is 243 g/mol. The van der Waals surface area contributed by atoms with Crippen molar-refractivity contribution >= 4 is 15.9 Å². The van der Waals surface area contributed by atoms with Crippen LogP contribution in [0.15, 0.2) is 29.4 Å².